The van der Waals surface area contributed by atoms with E-state index in [1.165, 1.54) is 11.9 Å². The maximum Gasteiger partial charge on any atom is 0.258 e. The Morgan fingerprint density at radius 2 is 1.95 bits per heavy atom. The summed E-state index contributed by atoms with van der Waals surface area (Å²) >= 11 is 0. The number of hydrogen-bond donors (Lipinski definition) is 1. The van der Waals surface area contributed by atoms with Gasteiger partial charge < -0.3 is 9.72 Å². The van der Waals surface area contributed by atoms with Gasteiger partial charge in [0.05, 0.1) is 17.8 Å². The molecular formula is C15H16N2O2. The number of H-pyrrole nitrogens is 1. The Bertz CT molecular complexity index is 671. The normalized spacial score (nSPS) is 19.8. The van der Waals surface area contributed by atoms with Crippen LogP contribution in [0.4, 0.5) is 0 Å². The predicted octanol–water partition coefficient (Wildman–Crippen LogP) is 2.38. The average Bonchev–Trinajstić information content (AvgIpc) is 2.62. The highest BCUT2D eigenvalue weighted by molar-refractivity contribution is 5.44. The summed E-state index contributed by atoms with van der Waals surface area (Å²) < 4.78 is 5.84. The zero-order valence-corrected chi connectivity index (χ0v) is 11.2. The quantitative estimate of drug-likeness (QED) is 0.852. The number of nitrogens with zero attached hydrogens (tertiary/aromatic N) is 1. The van der Waals surface area contributed by atoms with Gasteiger partial charge in [-0.15, -0.1) is 0 Å². The first-order chi connectivity index (χ1) is 8.99. The summed E-state index contributed by atoms with van der Waals surface area (Å²) in [6.45, 7) is 6.01. The summed E-state index contributed by atoms with van der Waals surface area (Å²) in [6, 6.07) is 8.20. The molecule has 0 radical (unpaired) electrons. The minimum atomic E-state index is -0.473. The number of benzene rings is 1. The summed E-state index contributed by atoms with van der Waals surface area (Å²) in [6.07, 6.45) is 1.38. The molecule has 0 saturated carbocycles. The lowest BCUT2D eigenvalue weighted by molar-refractivity contribution is 0.117. The maximum atomic E-state index is 12.1. The van der Waals surface area contributed by atoms with E-state index in [9.17, 15) is 4.79 Å². The van der Waals surface area contributed by atoms with Crippen LogP contribution < -0.4 is 10.3 Å². The average molecular weight is 256 g/mol. The van der Waals surface area contributed by atoms with E-state index in [4.69, 9.17) is 4.74 Å². The number of ether oxygens (including phenoxy) is 1. The molecule has 0 bridgehead atoms. The number of aryl methyl sites for hydroxylation is 1. The molecule has 2 aromatic rings. The SMILES string of the molecule is Cc1ccc(C2c3c(nc[nH]c3=O)OC2(C)C)cc1. The smallest absolute Gasteiger partial charge is 0.258 e. The third-order valence-corrected chi connectivity index (χ3v) is 3.61. The van der Waals surface area contributed by atoms with E-state index >= 15 is 0 Å². The Balaban J connectivity index is 2.20. The Kier molecular flexibility index (Phi) is 2.49. The largest absolute Gasteiger partial charge is 0.470 e. The molecule has 4 nitrogen and oxygen atoms in total. The summed E-state index contributed by atoms with van der Waals surface area (Å²) in [4.78, 5) is 18.8. The molecule has 4 heteroatoms. The molecule has 98 valence electrons. The number of nitrogens with one attached hydrogen (secondary N) is 1. The lowest BCUT2D eigenvalue weighted by Gasteiger charge is -2.26. The van der Waals surface area contributed by atoms with Crippen molar-refractivity contribution in [1.82, 2.24) is 9.97 Å². The third kappa shape index (κ3) is 1.84. The van der Waals surface area contributed by atoms with E-state index in [-0.39, 0.29) is 11.5 Å². The van der Waals surface area contributed by atoms with Crippen LogP contribution in [0.25, 0.3) is 0 Å². The monoisotopic (exact) mass is 256 g/mol. The molecule has 3 rings (SSSR count). The van der Waals surface area contributed by atoms with Gasteiger partial charge in [-0.1, -0.05) is 29.8 Å². The highest BCUT2D eigenvalue weighted by Gasteiger charge is 2.44. The minimum absolute atomic E-state index is 0.0967. The van der Waals surface area contributed by atoms with Crippen molar-refractivity contribution in [3.63, 3.8) is 0 Å². The maximum absolute atomic E-state index is 12.1. The van der Waals surface area contributed by atoms with Crippen molar-refractivity contribution in [1.29, 1.82) is 0 Å². The molecule has 0 spiro atoms. The Morgan fingerprint density at radius 1 is 1.26 bits per heavy atom. The Labute approximate surface area is 111 Å². The second-order valence-electron chi connectivity index (χ2n) is 5.50. The van der Waals surface area contributed by atoms with E-state index in [2.05, 4.69) is 9.97 Å². The lowest BCUT2D eigenvalue weighted by Crippen LogP contribution is -2.32. The summed E-state index contributed by atoms with van der Waals surface area (Å²) in [5.41, 5.74) is 2.30. The van der Waals surface area contributed by atoms with Crippen LogP contribution in [0.15, 0.2) is 35.4 Å². The van der Waals surface area contributed by atoms with Crippen molar-refractivity contribution in [2.75, 3.05) is 0 Å². The van der Waals surface area contributed by atoms with Crippen LogP contribution in [-0.4, -0.2) is 15.6 Å². The van der Waals surface area contributed by atoms with E-state index in [1.807, 2.05) is 45.0 Å². The Hall–Kier alpha value is -2.10. The first-order valence-electron chi connectivity index (χ1n) is 6.32. The fourth-order valence-corrected chi connectivity index (χ4v) is 2.71. The van der Waals surface area contributed by atoms with E-state index < -0.39 is 5.60 Å². The van der Waals surface area contributed by atoms with Gasteiger partial charge in [0.2, 0.25) is 5.88 Å². The standard InChI is InChI=1S/C15H16N2O2/c1-9-4-6-10(7-5-9)12-11-13(18)16-8-17-14(11)19-15(12,2)3/h4-8,12H,1-3H3,(H,16,17,18). The van der Waals surface area contributed by atoms with Crippen molar-refractivity contribution in [2.24, 2.45) is 0 Å². The van der Waals surface area contributed by atoms with Crippen LogP contribution in [0, 0.1) is 6.92 Å². The summed E-state index contributed by atoms with van der Waals surface area (Å²) in [5.74, 6) is 0.347. The molecule has 1 N–H and O–H groups in total. The van der Waals surface area contributed by atoms with E-state index in [0.717, 1.165) is 5.56 Å². The van der Waals surface area contributed by atoms with Crippen LogP contribution in [0.3, 0.4) is 0 Å². The summed E-state index contributed by atoms with van der Waals surface area (Å²) in [7, 11) is 0. The van der Waals surface area contributed by atoms with Gasteiger partial charge in [-0.3, -0.25) is 4.79 Å². The zero-order valence-electron chi connectivity index (χ0n) is 11.2. The highest BCUT2D eigenvalue weighted by atomic mass is 16.5. The van der Waals surface area contributed by atoms with E-state index in [1.54, 1.807) is 0 Å². The predicted molar refractivity (Wildman–Crippen MR) is 72.6 cm³/mol. The first kappa shape index (κ1) is 12.0. The third-order valence-electron chi connectivity index (χ3n) is 3.61. The van der Waals surface area contributed by atoms with Crippen LogP contribution >= 0.6 is 0 Å². The number of aromatic nitrogens is 2. The molecule has 0 amide bonds. The molecule has 0 saturated heterocycles. The Morgan fingerprint density at radius 3 is 2.63 bits per heavy atom. The highest BCUT2D eigenvalue weighted by Crippen LogP contribution is 2.44. The van der Waals surface area contributed by atoms with Crippen molar-refractivity contribution in [3.05, 3.63) is 57.6 Å². The number of hydrogen-bond acceptors (Lipinski definition) is 3. The second-order valence-corrected chi connectivity index (χ2v) is 5.50. The van der Waals surface area contributed by atoms with E-state index in [0.29, 0.717) is 11.4 Å². The molecule has 1 aliphatic rings. The van der Waals surface area contributed by atoms with Crippen LogP contribution in [-0.2, 0) is 0 Å². The second kappa shape index (κ2) is 3.95. The number of fused-ring (bicyclic) bond motifs is 1. The molecule has 1 aromatic carbocycles. The molecule has 1 aromatic heterocycles. The lowest BCUT2D eigenvalue weighted by atomic mass is 9.82. The molecule has 0 fully saturated rings. The van der Waals surface area contributed by atoms with Crippen molar-refractivity contribution >= 4 is 0 Å². The molecule has 1 aliphatic heterocycles. The zero-order chi connectivity index (χ0) is 13.6. The van der Waals surface area contributed by atoms with Crippen LogP contribution in [0.5, 0.6) is 5.88 Å². The van der Waals surface area contributed by atoms with Crippen molar-refractivity contribution in [3.8, 4) is 5.88 Å². The van der Waals surface area contributed by atoms with Crippen molar-refractivity contribution in [2.45, 2.75) is 32.3 Å². The first-order valence-corrected chi connectivity index (χ1v) is 6.32. The topological polar surface area (TPSA) is 55.0 Å². The van der Waals surface area contributed by atoms with Gasteiger partial charge in [0.15, 0.2) is 0 Å². The molecular weight excluding hydrogens is 240 g/mol. The fourth-order valence-electron chi connectivity index (χ4n) is 2.71. The van der Waals surface area contributed by atoms with Crippen LogP contribution in [0.2, 0.25) is 0 Å². The molecule has 1 atom stereocenters. The minimum Gasteiger partial charge on any atom is -0.470 e. The van der Waals surface area contributed by atoms with Gasteiger partial charge in [0.25, 0.3) is 5.56 Å². The molecule has 1 unspecified atom stereocenters. The number of rotatable bonds is 1. The van der Waals surface area contributed by atoms with Gasteiger partial charge in [0, 0.05) is 0 Å². The molecule has 2 heterocycles. The number of aromatic amines is 1. The van der Waals surface area contributed by atoms with Gasteiger partial charge >= 0.3 is 0 Å². The van der Waals surface area contributed by atoms with Crippen LogP contribution in [0.1, 0.15) is 36.5 Å². The fraction of sp³-hybridized carbons (Fsp3) is 0.333. The summed E-state index contributed by atoms with van der Waals surface area (Å²) in [5, 5.41) is 0. The molecule has 0 aliphatic carbocycles. The van der Waals surface area contributed by atoms with Gasteiger partial charge in [0.1, 0.15) is 5.60 Å². The van der Waals surface area contributed by atoms with Gasteiger partial charge in [-0.2, -0.15) is 0 Å². The van der Waals surface area contributed by atoms with Crippen molar-refractivity contribution < 1.29 is 4.74 Å². The van der Waals surface area contributed by atoms with Gasteiger partial charge in [-0.05, 0) is 26.3 Å². The van der Waals surface area contributed by atoms with Gasteiger partial charge in [-0.25, -0.2) is 4.98 Å². The molecule has 19 heavy (non-hydrogen) atoms.